The van der Waals surface area contributed by atoms with E-state index >= 15 is 0 Å². The minimum absolute atomic E-state index is 0.181. The largest absolute Gasteiger partial charge is 0.466 e. The maximum atomic E-state index is 11.9. The predicted molar refractivity (Wildman–Crippen MR) is 162 cm³/mol. The molecule has 38 heavy (non-hydrogen) atoms. The third kappa shape index (κ3) is 22.1. The van der Waals surface area contributed by atoms with Crippen LogP contribution in [0.3, 0.4) is 0 Å². The molecule has 0 aliphatic rings. The first-order valence-corrected chi connectivity index (χ1v) is 15.7. The minimum atomic E-state index is -0.183. The lowest BCUT2D eigenvalue weighted by Crippen LogP contribution is -2.32. The van der Waals surface area contributed by atoms with Crippen molar-refractivity contribution in [1.29, 1.82) is 0 Å². The topological polar surface area (TPSA) is 51.4 Å². The molecule has 6 heteroatoms. The number of aromatic nitrogens is 1. The molecular formula is C32H55N2O3S+. The summed E-state index contributed by atoms with van der Waals surface area (Å²) in [5, 5.41) is 3.55. The van der Waals surface area contributed by atoms with E-state index in [2.05, 4.69) is 35.8 Å². The molecule has 0 aromatic carbocycles. The zero-order chi connectivity index (χ0) is 27.5. The van der Waals surface area contributed by atoms with Crippen LogP contribution in [0.2, 0.25) is 0 Å². The molecule has 0 saturated carbocycles. The van der Waals surface area contributed by atoms with Crippen molar-refractivity contribution in [2.24, 2.45) is 0 Å². The second kappa shape index (κ2) is 25.3. The molecule has 1 rings (SSSR count). The zero-order valence-corrected chi connectivity index (χ0v) is 25.0. The van der Waals surface area contributed by atoms with E-state index in [0.29, 0.717) is 17.2 Å². The zero-order valence-electron chi connectivity index (χ0n) is 24.2. The summed E-state index contributed by atoms with van der Waals surface area (Å²) in [7, 11) is 0. The number of rotatable bonds is 25. The highest BCUT2D eigenvalue weighted by Crippen LogP contribution is 2.13. The fourth-order valence-corrected chi connectivity index (χ4v) is 4.51. The molecule has 0 radical (unpaired) electrons. The van der Waals surface area contributed by atoms with Crippen LogP contribution >= 0.6 is 12.2 Å². The van der Waals surface area contributed by atoms with Crippen LogP contribution in [0.15, 0.2) is 42.7 Å². The van der Waals surface area contributed by atoms with E-state index in [1.165, 1.54) is 83.5 Å². The molecule has 0 fully saturated rings. The van der Waals surface area contributed by atoms with Gasteiger partial charge in [-0.3, -0.25) is 4.79 Å². The van der Waals surface area contributed by atoms with E-state index in [4.69, 9.17) is 21.7 Å². The number of ether oxygens (including phenoxy) is 2. The van der Waals surface area contributed by atoms with Crippen LogP contribution in [-0.2, 0) is 20.8 Å². The number of esters is 1. The first-order chi connectivity index (χ1) is 18.6. The van der Waals surface area contributed by atoms with Crippen LogP contribution in [0.5, 0.6) is 0 Å². The lowest BCUT2D eigenvalue weighted by atomic mass is 10.0. The number of aryl methyl sites for hydroxylation is 1. The van der Waals surface area contributed by atoms with Gasteiger partial charge >= 0.3 is 5.97 Å². The highest BCUT2D eigenvalue weighted by molar-refractivity contribution is 7.80. The normalized spacial score (nSPS) is 10.8. The number of nitrogens with one attached hydrogen (secondary N) is 1. The summed E-state index contributed by atoms with van der Waals surface area (Å²) in [6.45, 7) is 8.46. The van der Waals surface area contributed by atoms with E-state index in [1.807, 2.05) is 18.2 Å². The quantitative estimate of drug-likeness (QED) is 0.0442. The lowest BCUT2D eigenvalue weighted by Gasteiger charge is -2.11. The average molecular weight is 548 g/mol. The molecule has 0 aliphatic carbocycles. The van der Waals surface area contributed by atoms with E-state index in [1.54, 1.807) is 0 Å². The number of hydrogen-bond donors (Lipinski definition) is 1. The maximum absolute atomic E-state index is 11.9. The number of hydrogen-bond acceptors (Lipinski definition) is 4. The Morgan fingerprint density at radius 1 is 0.737 bits per heavy atom. The van der Waals surface area contributed by atoms with Gasteiger partial charge in [-0.15, -0.1) is 0 Å². The Labute approximate surface area is 238 Å². The van der Waals surface area contributed by atoms with Crippen molar-refractivity contribution < 1.29 is 18.8 Å². The summed E-state index contributed by atoms with van der Waals surface area (Å²) in [6.07, 6.45) is 26.4. The summed E-state index contributed by atoms with van der Waals surface area (Å²) >= 11 is 5.24. The average Bonchev–Trinajstić information content (AvgIpc) is 2.93. The van der Waals surface area contributed by atoms with Gasteiger partial charge in [-0.1, -0.05) is 103 Å². The molecule has 1 heterocycles. The molecule has 5 nitrogen and oxygen atoms in total. The molecule has 0 spiro atoms. The van der Waals surface area contributed by atoms with Crippen LogP contribution in [0, 0.1) is 0 Å². The molecule has 1 aromatic rings. The second-order valence-corrected chi connectivity index (χ2v) is 10.8. The van der Waals surface area contributed by atoms with Gasteiger partial charge in [0.25, 0.3) is 5.17 Å². The van der Waals surface area contributed by atoms with E-state index < -0.39 is 0 Å². The number of carbonyl (C=O) groups is 1. The van der Waals surface area contributed by atoms with Gasteiger partial charge in [0.1, 0.15) is 19.8 Å². The second-order valence-electron chi connectivity index (χ2n) is 10.4. The summed E-state index contributed by atoms with van der Waals surface area (Å²) in [4.78, 5) is 11.9. The van der Waals surface area contributed by atoms with Crippen molar-refractivity contribution >= 4 is 23.4 Å². The molecule has 0 unspecified atom stereocenters. The van der Waals surface area contributed by atoms with Gasteiger partial charge in [0.2, 0.25) is 0 Å². The van der Waals surface area contributed by atoms with Gasteiger partial charge in [-0.05, 0) is 37.1 Å². The molecule has 1 N–H and O–H groups in total. The van der Waals surface area contributed by atoms with Crippen LogP contribution in [0.25, 0.3) is 0 Å². The maximum Gasteiger partial charge on any atom is 0.306 e. The van der Waals surface area contributed by atoms with E-state index in [-0.39, 0.29) is 19.2 Å². The third-order valence-electron chi connectivity index (χ3n) is 6.72. The van der Waals surface area contributed by atoms with Crippen molar-refractivity contribution in [1.82, 2.24) is 5.32 Å². The molecule has 0 atom stereocenters. The number of carbonyl (C=O) groups excluding carboxylic acids is 1. The van der Waals surface area contributed by atoms with Gasteiger partial charge < -0.3 is 14.8 Å². The Balaban J connectivity index is 1.84. The molecular weight excluding hydrogens is 492 g/mol. The molecule has 0 saturated heterocycles. The van der Waals surface area contributed by atoms with E-state index in [0.717, 1.165) is 38.8 Å². The Bertz CT molecular complexity index is 727. The van der Waals surface area contributed by atoms with Crippen LogP contribution in [-0.4, -0.2) is 30.9 Å². The third-order valence-corrected chi connectivity index (χ3v) is 6.98. The monoisotopic (exact) mass is 547 g/mol. The van der Waals surface area contributed by atoms with Crippen molar-refractivity contribution in [2.75, 3.05) is 19.8 Å². The van der Waals surface area contributed by atoms with Crippen LogP contribution < -0.4 is 9.88 Å². The highest BCUT2D eigenvalue weighted by Gasteiger charge is 2.06. The molecule has 0 amide bonds. The van der Waals surface area contributed by atoms with Crippen LogP contribution in [0.1, 0.15) is 122 Å². The lowest BCUT2D eigenvalue weighted by molar-refractivity contribution is -0.697. The Morgan fingerprint density at radius 2 is 1.26 bits per heavy atom. The van der Waals surface area contributed by atoms with Gasteiger partial charge in [-0.25, -0.2) is 4.57 Å². The first kappa shape index (κ1) is 34.1. The van der Waals surface area contributed by atoms with Crippen molar-refractivity contribution in [3.63, 3.8) is 0 Å². The predicted octanol–water partition coefficient (Wildman–Crippen LogP) is 8.01. The summed E-state index contributed by atoms with van der Waals surface area (Å²) in [5.41, 5.74) is 0.708. The fraction of sp³-hybridized carbons (Fsp3) is 0.719. The number of nitrogens with zero attached hydrogens (tertiary/aromatic N) is 1. The highest BCUT2D eigenvalue weighted by atomic mass is 32.1. The van der Waals surface area contributed by atoms with Gasteiger partial charge in [0.05, 0.1) is 0 Å². The Kier molecular flexibility index (Phi) is 22.7. The summed E-state index contributed by atoms with van der Waals surface area (Å²) in [5.74, 6) is -0.183. The molecule has 0 aliphatic heterocycles. The van der Waals surface area contributed by atoms with Crippen molar-refractivity contribution in [2.45, 2.75) is 129 Å². The Hall–Kier alpha value is -1.95. The number of thiocarbonyl (C=S) groups is 1. The standard InChI is InChI=1S/C32H54N2O3S/c1-3-4-5-6-7-8-9-10-11-12-13-14-15-19-24-33-32(38)37-29-30(2)28-36-31(35)23-18-16-20-25-34-26-21-17-22-27-34/h17,21-22,26-27H,2-16,18-20,23-25,28-29H2,1H3/p+1. The van der Waals surface area contributed by atoms with Crippen LogP contribution in [0.4, 0.5) is 0 Å². The van der Waals surface area contributed by atoms with Gasteiger partial charge in [0, 0.05) is 31.5 Å². The molecule has 0 bridgehead atoms. The SMILES string of the molecule is C=C(COC(=O)CCCCC[n+]1ccccc1)COC(=S)NCCCCCCCCCCCCCCCC. The first-order valence-electron chi connectivity index (χ1n) is 15.3. The smallest absolute Gasteiger partial charge is 0.306 e. The van der Waals surface area contributed by atoms with Gasteiger partial charge in [-0.2, -0.15) is 0 Å². The molecule has 1 aromatic heterocycles. The van der Waals surface area contributed by atoms with E-state index in [9.17, 15) is 4.79 Å². The molecule has 216 valence electrons. The van der Waals surface area contributed by atoms with Crippen molar-refractivity contribution in [3.8, 4) is 0 Å². The fourth-order valence-electron chi connectivity index (χ4n) is 4.35. The summed E-state index contributed by atoms with van der Waals surface area (Å²) < 4.78 is 13.0. The number of unbranched alkanes of at least 4 members (excludes halogenated alkanes) is 15. The minimum Gasteiger partial charge on any atom is -0.466 e. The number of pyridine rings is 1. The van der Waals surface area contributed by atoms with Gasteiger partial charge in [0.15, 0.2) is 12.4 Å². The van der Waals surface area contributed by atoms with Crippen molar-refractivity contribution in [3.05, 3.63) is 42.7 Å². The summed E-state index contributed by atoms with van der Waals surface area (Å²) in [6, 6.07) is 6.06. The Morgan fingerprint density at radius 3 is 1.87 bits per heavy atom.